The summed E-state index contributed by atoms with van der Waals surface area (Å²) in [6, 6.07) is 0. The van der Waals surface area contributed by atoms with Gasteiger partial charge in [0.15, 0.2) is 0 Å². The van der Waals surface area contributed by atoms with Crippen LogP contribution in [-0.2, 0) is 13.0 Å². The van der Waals surface area contributed by atoms with Gasteiger partial charge < -0.3 is 10.4 Å². The zero-order chi connectivity index (χ0) is 12.0. The number of hydrogen-bond acceptors (Lipinski definition) is 3. The number of nitrogens with zero attached hydrogens (tertiary/aromatic N) is 2. The third-order valence-corrected chi connectivity index (χ3v) is 2.69. The van der Waals surface area contributed by atoms with Crippen LogP contribution in [0.3, 0.4) is 0 Å². The molecule has 0 saturated heterocycles. The summed E-state index contributed by atoms with van der Waals surface area (Å²) in [5, 5.41) is 17.6. The number of aromatic nitrogens is 2. The molecule has 0 aliphatic rings. The minimum atomic E-state index is -0.649. The van der Waals surface area contributed by atoms with Crippen molar-refractivity contribution < 1.29 is 5.11 Å². The maximum absolute atomic E-state index is 10.2. The van der Waals surface area contributed by atoms with Crippen molar-refractivity contribution in [3.05, 3.63) is 18.0 Å². The second-order valence-electron chi connectivity index (χ2n) is 4.48. The molecule has 2 N–H and O–H groups in total. The van der Waals surface area contributed by atoms with Crippen molar-refractivity contribution in [3.8, 4) is 0 Å². The molecule has 1 atom stereocenters. The average Bonchev–Trinajstić information content (AvgIpc) is 2.65. The zero-order valence-electron chi connectivity index (χ0n) is 10.5. The predicted molar refractivity (Wildman–Crippen MR) is 65.4 cm³/mol. The van der Waals surface area contributed by atoms with E-state index in [4.69, 9.17) is 0 Å². The molecule has 0 aliphatic carbocycles. The second kappa shape index (κ2) is 6.01. The predicted octanol–water partition coefficient (Wildman–Crippen LogP) is 1.20. The van der Waals surface area contributed by atoms with Crippen LogP contribution in [0, 0.1) is 0 Å². The molecule has 0 fully saturated rings. The average molecular weight is 225 g/mol. The summed E-state index contributed by atoms with van der Waals surface area (Å²) >= 11 is 0. The third-order valence-electron chi connectivity index (χ3n) is 2.69. The molecule has 0 saturated carbocycles. The van der Waals surface area contributed by atoms with Crippen molar-refractivity contribution in [2.45, 2.75) is 45.8 Å². The van der Waals surface area contributed by atoms with Crippen molar-refractivity contribution in [2.75, 3.05) is 13.1 Å². The number of aliphatic hydroxyl groups is 1. The van der Waals surface area contributed by atoms with Gasteiger partial charge in [0.05, 0.1) is 11.8 Å². The van der Waals surface area contributed by atoms with Crippen LogP contribution in [0.15, 0.2) is 12.4 Å². The Bertz CT molecular complexity index is 307. The van der Waals surface area contributed by atoms with Crippen LogP contribution >= 0.6 is 0 Å². The van der Waals surface area contributed by atoms with E-state index in [0.717, 1.165) is 31.6 Å². The first-order chi connectivity index (χ1) is 7.57. The minimum absolute atomic E-state index is 0.649. The maximum atomic E-state index is 10.2. The molecule has 1 heterocycles. The lowest BCUT2D eigenvalue weighted by Crippen LogP contribution is -2.32. The molecular formula is C12H23N3O. The summed E-state index contributed by atoms with van der Waals surface area (Å²) in [4.78, 5) is 0. The van der Waals surface area contributed by atoms with Gasteiger partial charge in [0.1, 0.15) is 0 Å². The van der Waals surface area contributed by atoms with E-state index in [1.165, 1.54) is 0 Å². The fraction of sp³-hybridized carbons (Fsp3) is 0.750. The van der Waals surface area contributed by atoms with Crippen molar-refractivity contribution >= 4 is 0 Å². The molecule has 0 radical (unpaired) electrons. The van der Waals surface area contributed by atoms with Gasteiger partial charge in [0, 0.05) is 19.2 Å². The Morgan fingerprint density at radius 1 is 1.50 bits per heavy atom. The van der Waals surface area contributed by atoms with Crippen molar-refractivity contribution in [3.63, 3.8) is 0 Å². The molecular weight excluding hydrogens is 202 g/mol. The molecule has 0 aliphatic heterocycles. The normalized spacial score (nSPS) is 15.0. The Morgan fingerprint density at radius 2 is 2.25 bits per heavy atom. The highest BCUT2D eigenvalue weighted by molar-refractivity contribution is 5.07. The third kappa shape index (κ3) is 4.33. The van der Waals surface area contributed by atoms with Crippen LogP contribution in [0.1, 0.15) is 32.8 Å². The van der Waals surface area contributed by atoms with Crippen LogP contribution in [0.2, 0.25) is 0 Å². The van der Waals surface area contributed by atoms with E-state index in [-0.39, 0.29) is 0 Å². The number of rotatable bonds is 7. The molecule has 4 heteroatoms. The number of nitrogens with one attached hydrogen (secondary N) is 1. The van der Waals surface area contributed by atoms with Crippen molar-refractivity contribution in [2.24, 2.45) is 0 Å². The van der Waals surface area contributed by atoms with Crippen molar-refractivity contribution in [1.82, 2.24) is 15.1 Å². The minimum Gasteiger partial charge on any atom is -0.390 e. The van der Waals surface area contributed by atoms with Gasteiger partial charge in [-0.05, 0) is 38.9 Å². The molecule has 1 aromatic heterocycles. The van der Waals surface area contributed by atoms with Gasteiger partial charge >= 0.3 is 0 Å². The first-order valence-corrected chi connectivity index (χ1v) is 6.02. The largest absolute Gasteiger partial charge is 0.390 e. The second-order valence-corrected chi connectivity index (χ2v) is 4.48. The smallest absolute Gasteiger partial charge is 0.0673 e. The van der Waals surface area contributed by atoms with Crippen LogP contribution < -0.4 is 5.32 Å². The Hall–Kier alpha value is -0.870. The van der Waals surface area contributed by atoms with Gasteiger partial charge in [0.25, 0.3) is 0 Å². The summed E-state index contributed by atoms with van der Waals surface area (Å²) in [7, 11) is 0. The zero-order valence-corrected chi connectivity index (χ0v) is 10.5. The molecule has 0 spiro atoms. The maximum Gasteiger partial charge on any atom is 0.0673 e. The van der Waals surface area contributed by atoms with Gasteiger partial charge in [-0.2, -0.15) is 5.10 Å². The summed E-state index contributed by atoms with van der Waals surface area (Å²) in [6.45, 7) is 8.68. The van der Waals surface area contributed by atoms with Crippen LogP contribution in [0.25, 0.3) is 0 Å². The lowest BCUT2D eigenvalue weighted by atomic mass is 9.95. The lowest BCUT2D eigenvalue weighted by molar-refractivity contribution is 0.0517. The molecule has 1 aromatic rings. The molecule has 92 valence electrons. The van der Waals surface area contributed by atoms with E-state index >= 15 is 0 Å². The Balaban J connectivity index is 2.44. The molecule has 0 aromatic carbocycles. The van der Waals surface area contributed by atoms with Crippen LogP contribution in [0.5, 0.6) is 0 Å². The van der Waals surface area contributed by atoms with E-state index in [0.29, 0.717) is 6.42 Å². The highest BCUT2D eigenvalue weighted by atomic mass is 16.3. The quantitative estimate of drug-likeness (QED) is 0.685. The summed E-state index contributed by atoms with van der Waals surface area (Å²) in [6.07, 6.45) is 5.27. The van der Waals surface area contributed by atoms with E-state index in [2.05, 4.69) is 24.3 Å². The molecule has 16 heavy (non-hydrogen) atoms. The molecule has 0 amide bonds. The van der Waals surface area contributed by atoms with Crippen LogP contribution in [-0.4, -0.2) is 33.6 Å². The van der Waals surface area contributed by atoms with Crippen molar-refractivity contribution in [1.29, 1.82) is 0 Å². The number of aryl methyl sites for hydroxylation is 1. The van der Waals surface area contributed by atoms with Gasteiger partial charge in [-0.1, -0.05) is 6.92 Å². The van der Waals surface area contributed by atoms with Gasteiger partial charge in [0.2, 0.25) is 0 Å². The summed E-state index contributed by atoms with van der Waals surface area (Å²) in [5.41, 5.74) is 0.451. The van der Waals surface area contributed by atoms with E-state index < -0.39 is 5.60 Å². The van der Waals surface area contributed by atoms with Gasteiger partial charge in [-0.3, -0.25) is 4.68 Å². The van der Waals surface area contributed by atoms with Gasteiger partial charge in [-0.25, -0.2) is 0 Å². The molecule has 1 unspecified atom stereocenters. The van der Waals surface area contributed by atoms with E-state index in [9.17, 15) is 5.11 Å². The Morgan fingerprint density at radius 3 is 2.81 bits per heavy atom. The SMILES string of the molecule is CCNCCC(C)(O)Cc1cnn(CC)c1. The summed E-state index contributed by atoms with van der Waals surface area (Å²) in [5.74, 6) is 0. The lowest BCUT2D eigenvalue weighted by Gasteiger charge is -2.22. The standard InChI is InChI=1S/C12H23N3O/c1-4-13-7-6-12(3,16)8-11-9-14-15(5-2)10-11/h9-10,13,16H,4-8H2,1-3H3. The molecule has 0 bridgehead atoms. The highest BCUT2D eigenvalue weighted by Crippen LogP contribution is 2.15. The fourth-order valence-electron chi connectivity index (χ4n) is 1.73. The number of hydrogen-bond donors (Lipinski definition) is 2. The summed E-state index contributed by atoms with van der Waals surface area (Å²) < 4.78 is 1.88. The van der Waals surface area contributed by atoms with E-state index in [1.54, 1.807) is 0 Å². The first-order valence-electron chi connectivity index (χ1n) is 6.02. The highest BCUT2D eigenvalue weighted by Gasteiger charge is 2.20. The van der Waals surface area contributed by atoms with Crippen LogP contribution in [0.4, 0.5) is 0 Å². The fourth-order valence-corrected chi connectivity index (χ4v) is 1.73. The Labute approximate surface area is 97.7 Å². The topological polar surface area (TPSA) is 50.1 Å². The first kappa shape index (κ1) is 13.2. The molecule has 4 nitrogen and oxygen atoms in total. The Kier molecular flexibility index (Phi) is 4.96. The van der Waals surface area contributed by atoms with E-state index in [1.807, 2.05) is 24.0 Å². The molecule has 1 rings (SSSR count). The monoisotopic (exact) mass is 225 g/mol. The van der Waals surface area contributed by atoms with Gasteiger partial charge in [-0.15, -0.1) is 0 Å².